The fourth-order valence-corrected chi connectivity index (χ4v) is 5.38. The summed E-state index contributed by atoms with van der Waals surface area (Å²) in [6.07, 6.45) is 6.89. The Morgan fingerprint density at radius 1 is 1.18 bits per heavy atom. The first kappa shape index (κ1) is 21.8. The second kappa shape index (κ2) is 8.50. The molecule has 7 nitrogen and oxygen atoms in total. The van der Waals surface area contributed by atoms with E-state index in [1.807, 2.05) is 36.4 Å². The van der Waals surface area contributed by atoms with Crippen molar-refractivity contribution in [3.05, 3.63) is 47.5 Å². The van der Waals surface area contributed by atoms with E-state index >= 15 is 0 Å². The Balaban J connectivity index is 1.20. The van der Waals surface area contributed by atoms with Crippen molar-refractivity contribution in [1.29, 1.82) is 0 Å². The van der Waals surface area contributed by atoms with Gasteiger partial charge in [0, 0.05) is 23.3 Å². The van der Waals surface area contributed by atoms with E-state index < -0.39 is 5.60 Å². The highest BCUT2D eigenvalue weighted by Crippen LogP contribution is 2.45. The summed E-state index contributed by atoms with van der Waals surface area (Å²) in [4.78, 5) is 29.3. The number of benzene rings is 1. The highest BCUT2D eigenvalue weighted by molar-refractivity contribution is 7.99. The number of β-amino-alcohol motifs (C(OH)–C–C–N with tert-alkyl or cyclic N) is 1. The molecule has 2 aliphatic carbocycles. The minimum atomic E-state index is -0.574. The molecule has 4 aliphatic rings. The zero-order valence-electron chi connectivity index (χ0n) is 19.3. The fourth-order valence-electron chi connectivity index (χ4n) is 4.61. The lowest BCUT2D eigenvalue weighted by Gasteiger charge is -2.47. The molecule has 0 spiro atoms. The first-order chi connectivity index (χ1) is 16.4. The molecule has 2 aromatic rings. The molecule has 0 atom stereocenters. The molecular formula is C26H29N5O2S. The Kier molecular flexibility index (Phi) is 5.45. The summed E-state index contributed by atoms with van der Waals surface area (Å²) in [5, 5.41) is 14.8. The highest BCUT2D eigenvalue weighted by atomic mass is 32.2. The Morgan fingerprint density at radius 2 is 1.94 bits per heavy atom. The molecule has 0 unspecified atom stereocenters. The van der Waals surface area contributed by atoms with E-state index in [0.717, 1.165) is 47.8 Å². The number of aromatic nitrogens is 2. The van der Waals surface area contributed by atoms with Crippen LogP contribution in [0.3, 0.4) is 0 Å². The molecule has 1 aromatic heterocycles. The second-order valence-corrected chi connectivity index (χ2v) is 11.1. The minimum absolute atomic E-state index is 0.290. The van der Waals surface area contributed by atoms with Gasteiger partial charge in [0.2, 0.25) is 0 Å². The third kappa shape index (κ3) is 4.74. The van der Waals surface area contributed by atoms with Gasteiger partial charge in [-0.25, -0.2) is 9.97 Å². The number of carbonyl (C=O) groups excluding carboxylic acids is 1. The number of amidine groups is 1. The summed E-state index contributed by atoms with van der Waals surface area (Å²) in [5.74, 6) is 3.40. The zero-order valence-corrected chi connectivity index (χ0v) is 20.1. The molecule has 6 rings (SSSR count). The van der Waals surface area contributed by atoms with Crippen molar-refractivity contribution < 1.29 is 9.90 Å². The molecule has 2 N–H and O–H groups in total. The zero-order chi connectivity index (χ0) is 23.3. The van der Waals surface area contributed by atoms with E-state index in [4.69, 9.17) is 9.97 Å². The van der Waals surface area contributed by atoms with Gasteiger partial charge in [0.1, 0.15) is 28.9 Å². The number of ketones is 1. The number of Topliss-reactive ketones (excluding diaryl/α,β-unsaturated/α-hetero) is 1. The Morgan fingerprint density at radius 3 is 2.59 bits per heavy atom. The average molecular weight is 476 g/mol. The predicted octanol–water partition coefficient (Wildman–Crippen LogP) is 3.88. The molecule has 3 heterocycles. The van der Waals surface area contributed by atoms with Crippen molar-refractivity contribution in [1.82, 2.24) is 9.97 Å². The van der Waals surface area contributed by atoms with Crippen LogP contribution >= 0.6 is 11.8 Å². The van der Waals surface area contributed by atoms with Gasteiger partial charge in [0.15, 0.2) is 5.16 Å². The van der Waals surface area contributed by atoms with Crippen LogP contribution in [0.5, 0.6) is 0 Å². The normalized spacial score (nSPS) is 21.1. The fraction of sp³-hybridized carbons (Fsp3) is 0.462. The van der Waals surface area contributed by atoms with Gasteiger partial charge >= 0.3 is 0 Å². The second-order valence-electron chi connectivity index (χ2n) is 10.1. The molecule has 0 radical (unpaired) electrons. The van der Waals surface area contributed by atoms with E-state index in [9.17, 15) is 9.90 Å². The Bertz CT molecular complexity index is 1180. The Hall–Kier alpha value is -2.71. The number of rotatable bonds is 8. The lowest BCUT2D eigenvalue weighted by atomic mass is 9.89. The quantitative estimate of drug-likeness (QED) is 0.560. The van der Waals surface area contributed by atoms with Crippen molar-refractivity contribution in [2.24, 2.45) is 16.8 Å². The summed E-state index contributed by atoms with van der Waals surface area (Å²) in [6.45, 7) is 3.99. The molecule has 0 bridgehead atoms. The van der Waals surface area contributed by atoms with Gasteiger partial charge in [-0.05, 0) is 79.6 Å². The SMILES string of the molecule is CC1=CC(Nc2cc(N3CC(O)(C4CC4)C3)nc(Sc3ccc(CC(=O)C4CC4)cc3)n2)=NC1. The van der Waals surface area contributed by atoms with E-state index in [2.05, 4.69) is 22.1 Å². The molecule has 2 aliphatic heterocycles. The number of aliphatic imine (C=N–C) groups is 1. The maximum Gasteiger partial charge on any atom is 0.196 e. The molecule has 0 amide bonds. The van der Waals surface area contributed by atoms with Crippen molar-refractivity contribution in [3.8, 4) is 0 Å². The van der Waals surface area contributed by atoms with Crippen LogP contribution in [0, 0.1) is 11.8 Å². The summed E-state index contributed by atoms with van der Waals surface area (Å²) < 4.78 is 0. The largest absolute Gasteiger partial charge is 0.386 e. The third-order valence-electron chi connectivity index (χ3n) is 6.96. The van der Waals surface area contributed by atoms with Crippen molar-refractivity contribution in [2.75, 3.05) is 29.9 Å². The van der Waals surface area contributed by atoms with Crippen LogP contribution < -0.4 is 10.2 Å². The number of nitrogens with one attached hydrogen (secondary N) is 1. The van der Waals surface area contributed by atoms with Crippen LogP contribution in [-0.2, 0) is 11.2 Å². The molecule has 34 heavy (non-hydrogen) atoms. The Labute approximate surface area is 203 Å². The number of hydrogen-bond acceptors (Lipinski definition) is 8. The average Bonchev–Trinajstić information content (AvgIpc) is 3.71. The number of carbonyl (C=O) groups is 1. The summed E-state index contributed by atoms with van der Waals surface area (Å²) in [7, 11) is 0. The van der Waals surface area contributed by atoms with Gasteiger partial charge in [-0.15, -0.1) is 0 Å². The van der Waals surface area contributed by atoms with Crippen LogP contribution in [-0.4, -0.2) is 51.9 Å². The van der Waals surface area contributed by atoms with Gasteiger partial charge in [0.05, 0.1) is 19.6 Å². The lowest BCUT2D eigenvalue weighted by Crippen LogP contribution is -2.63. The first-order valence-corrected chi connectivity index (χ1v) is 12.9. The monoisotopic (exact) mass is 475 g/mol. The number of hydrogen-bond donors (Lipinski definition) is 2. The molecule has 1 saturated heterocycles. The lowest BCUT2D eigenvalue weighted by molar-refractivity contribution is -0.119. The maximum atomic E-state index is 12.1. The van der Waals surface area contributed by atoms with Gasteiger partial charge in [0.25, 0.3) is 0 Å². The molecule has 2 saturated carbocycles. The van der Waals surface area contributed by atoms with Crippen LogP contribution in [0.4, 0.5) is 11.6 Å². The van der Waals surface area contributed by atoms with E-state index in [-0.39, 0.29) is 0 Å². The van der Waals surface area contributed by atoms with Crippen molar-refractivity contribution in [3.63, 3.8) is 0 Å². The van der Waals surface area contributed by atoms with Gasteiger partial charge < -0.3 is 15.3 Å². The molecule has 176 valence electrons. The third-order valence-corrected chi connectivity index (χ3v) is 7.84. The summed E-state index contributed by atoms with van der Waals surface area (Å²) in [6, 6.07) is 10.1. The molecular weight excluding hydrogens is 446 g/mol. The van der Waals surface area contributed by atoms with Gasteiger partial charge in [-0.3, -0.25) is 9.79 Å². The van der Waals surface area contributed by atoms with Gasteiger partial charge in [-0.1, -0.05) is 12.1 Å². The standard InChI is InChI=1S/C26H29N5O2S/c1-16-10-22(27-13-16)28-23-12-24(31-14-26(33,15-31)19-6-7-19)30-25(29-23)34-20-8-2-17(3-9-20)11-21(32)18-4-5-18/h2-3,8-10,12,18-19,33H,4-7,11,13-15H2,1H3,(H,27,28,29,30). The first-order valence-electron chi connectivity index (χ1n) is 12.1. The van der Waals surface area contributed by atoms with Crippen LogP contribution in [0.15, 0.2) is 57.0 Å². The topological polar surface area (TPSA) is 90.7 Å². The highest BCUT2D eigenvalue weighted by Gasteiger charge is 2.52. The van der Waals surface area contributed by atoms with Crippen LogP contribution in [0.25, 0.3) is 0 Å². The summed E-state index contributed by atoms with van der Waals surface area (Å²) >= 11 is 1.50. The smallest absolute Gasteiger partial charge is 0.196 e. The number of aliphatic hydroxyl groups is 1. The van der Waals surface area contributed by atoms with E-state index in [1.54, 1.807) is 0 Å². The summed E-state index contributed by atoms with van der Waals surface area (Å²) in [5.41, 5.74) is 1.69. The van der Waals surface area contributed by atoms with E-state index in [1.165, 1.54) is 17.3 Å². The van der Waals surface area contributed by atoms with Crippen LogP contribution in [0.2, 0.25) is 0 Å². The maximum absolute atomic E-state index is 12.1. The molecule has 3 fully saturated rings. The predicted molar refractivity (Wildman–Crippen MR) is 134 cm³/mol. The van der Waals surface area contributed by atoms with Crippen molar-refractivity contribution >= 4 is 35.0 Å². The molecule has 1 aromatic carbocycles. The van der Waals surface area contributed by atoms with Crippen molar-refractivity contribution in [2.45, 2.75) is 54.7 Å². The van der Waals surface area contributed by atoms with Crippen LogP contribution in [0.1, 0.15) is 38.2 Å². The van der Waals surface area contributed by atoms with E-state index in [0.29, 0.717) is 54.6 Å². The number of anilines is 2. The molecule has 8 heteroatoms. The van der Waals surface area contributed by atoms with Gasteiger partial charge in [-0.2, -0.15) is 0 Å². The minimum Gasteiger partial charge on any atom is -0.386 e. The number of nitrogens with zero attached hydrogens (tertiary/aromatic N) is 4.